The van der Waals surface area contributed by atoms with Gasteiger partial charge in [0.05, 0.1) is 6.61 Å². The van der Waals surface area contributed by atoms with Crippen molar-refractivity contribution < 1.29 is 24.3 Å². The van der Waals surface area contributed by atoms with Crippen LogP contribution in [-0.2, 0) is 6.61 Å². The molecule has 0 aromatic heterocycles. The maximum absolute atomic E-state index is 8.54. The fourth-order valence-electron chi connectivity index (χ4n) is 0.583. The third-order valence-electron chi connectivity index (χ3n) is 1.03. The molecule has 5 N–H and O–H groups in total. The van der Waals surface area contributed by atoms with Crippen LogP contribution in [0, 0.1) is 0 Å². The van der Waals surface area contributed by atoms with Gasteiger partial charge in [-0.15, -0.1) is 0 Å². The predicted molar refractivity (Wildman–Crippen MR) is 54.1 cm³/mol. The molecule has 0 radical (unpaired) electrons. The molecule has 0 fully saturated rings. The molecule has 0 aliphatic rings. The van der Waals surface area contributed by atoms with E-state index in [2.05, 4.69) is 0 Å². The fraction of sp³-hybridized carbons (Fsp3) is 0.143. The van der Waals surface area contributed by atoms with Crippen LogP contribution in [0.5, 0.6) is 0 Å². The van der Waals surface area contributed by atoms with Crippen LogP contribution in [0.25, 0.3) is 0 Å². The summed E-state index contributed by atoms with van der Waals surface area (Å²) >= 11 is 0. The Morgan fingerprint density at radius 3 is 1.50 bits per heavy atom. The molecule has 0 atom stereocenters. The van der Waals surface area contributed by atoms with Gasteiger partial charge < -0.3 is 24.3 Å². The first kappa shape index (κ1) is 16.7. The first-order chi connectivity index (χ1) is 5.93. The van der Waals surface area contributed by atoms with Crippen molar-refractivity contribution in [1.29, 1.82) is 0 Å². The maximum atomic E-state index is 8.54. The molecule has 0 unspecified atom stereocenters. The molecule has 0 bridgehead atoms. The van der Waals surface area contributed by atoms with Crippen molar-refractivity contribution in [3.8, 4) is 0 Å². The first-order valence-electron chi connectivity index (χ1n) is 3.47. The molecule has 5 nitrogen and oxygen atoms in total. The van der Waals surface area contributed by atoms with E-state index in [4.69, 9.17) is 24.3 Å². The van der Waals surface area contributed by atoms with Crippen LogP contribution in [0.4, 0.5) is 0 Å². The van der Waals surface area contributed by atoms with E-state index in [1.54, 1.807) is 0 Å². The molecule has 76 valence electrons. The van der Waals surface area contributed by atoms with Crippen molar-refractivity contribution in [2.24, 2.45) is 0 Å². The summed E-state index contributed by atoms with van der Waals surface area (Å²) in [7, 11) is -4.61. The molecule has 0 aliphatic heterocycles. The Bertz CT molecular complexity index is 219. The third kappa shape index (κ3) is 14.7. The molecular formula is C7H13NaO5Si. The van der Waals surface area contributed by atoms with Gasteiger partial charge in [-0.2, -0.15) is 0 Å². The van der Waals surface area contributed by atoms with Crippen molar-refractivity contribution in [2.45, 2.75) is 6.61 Å². The summed E-state index contributed by atoms with van der Waals surface area (Å²) in [5.41, 5.74) is 0.965. The van der Waals surface area contributed by atoms with Gasteiger partial charge in [0, 0.05) is 0 Å². The zero-order valence-corrected chi connectivity index (χ0v) is 7.83. The zero-order valence-electron chi connectivity index (χ0n) is 6.83. The molecule has 0 heterocycles. The van der Waals surface area contributed by atoms with E-state index < -0.39 is 9.05 Å². The van der Waals surface area contributed by atoms with Crippen LogP contribution in [0.3, 0.4) is 0 Å². The number of benzene rings is 1. The van der Waals surface area contributed by atoms with Crippen LogP contribution in [0.1, 0.15) is 5.56 Å². The van der Waals surface area contributed by atoms with Crippen LogP contribution in [0.2, 0.25) is 0 Å². The zero-order chi connectivity index (χ0) is 10.3. The average Bonchev–Trinajstić information content (AvgIpc) is 2.03. The summed E-state index contributed by atoms with van der Waals surface area (Å²) in [6, 6.07) is 9.52. The quantitative estimate of drug-likeness (QED) is 0.355. The minimum atomic E-state index is -4.61. The SMILES string of the molecule is OCc1ccccc1.O[Si](O)(O)O.[NaH]. The summed E-state index contributed by atoms with van der Waals surface area (Å²) in [6.07, 6.45) is 0. The van der Waals surface area contributed by atoms with Gasteiger partial charge in [-0.1, -0.05) is 30.3 Å². The molecule has 1 rings (SSSR count). The molecule has 0 spiro atoms. The van der Waals surface area contributed by atoms with Crippen molar-refractivity contribution in [2.75, 3.05) is 0 Å². The van der Waals surface area contributed by atoms with E-state index in [0.29, 0.717) is 0 Å². The standard InChI is InChI=1S/C7H8O.Na.H4O4Si.H/c8-6-7-4-2-1-3-5-7;;1-5(2,3)4;/h1-5,8H,6H2;;1-4H;. The second kappa shape index (κ2) is 8.54. The van der Waals surface area contributed by atoms with Gasteiger partial charge in [0.1, 0.15) is 0 Å². The number of aliphatic hydroxyl groups excluding tert-OH is 1. The van der Waals surface area contributed by atoms with E-state index in [0.717, 1.165) is 5.56 Å². The average molecular weight is 228 g/mol. The monoisotopic (exact) mass is 228 g/mol. The summed E-state index contributed by atoms with van der Waals surface area (Å²) < 4.78 is 0. The topological polar surface area (TPSA) is 101 Å². The van der Waals surface area contributed by atoms with E-state index >= 15 is 0 Å². The van der Waals surface area contributed by atoms with Gasteiger partial charge in [-0.05, 0) is 5.56 Å². The van der Waals surface area contributed by atoms with Crippen LogP contribution in [0.15, 0.2) is 30.3 Å². The van der Waals surface area contributed by atoms with Crippen LogP contribution < -0.4 is 0 Å². The molecule has 14 heavy (non-hydrogen) atoms. The Morgan fingerprint density at radius 1 is 0.929 bits per heavy atom. The summed E-state index contributed by atoms with van der Waals surface area (Å²) in [5.74, 6) is 0. The molecule has 1 aromatic rings. The number of aliphatic hydroxyl groups is 1. The summed E-state index contributed by atoms with van der Waals surface area (Å²) in [5, 5.41) is 8.54. The van der Waals surface area contributed by atoms with Gasteiger partial charge in [-0.25, -0.2) is 0 Å². The van der Waals surface area contributed by atoms with Gasteiger partial charge in [0.15, 0.2) is 0 Å². The van der Waals surface area contributed by atoms with E-state index in [1.165, 1.54) is 0 Å². The first-order valence-corrected chi connectivity index (χ1v) is 5.26. The second-order valence-electron chi connectivity index (χ2n) is 2.24. The molecule has 0 saturated heterocycles. The molecular weight excluding hydrogens is 215 g/mol. The van der Waals surface area contributed by atoms with Crippen LogP contribution in [-0.4, -0.2) is 62.9 Å². The van der Waals surface area contributed by atoms with Gasteiger partial charge in [0.2, 0.25) is 0 Å². The van der Waals surface area contributed by atoms with Crippen molar-refractivity contribution in [3.63, 3.8) is 0 Å². The van der Waals surface area contributed by atoms with Crippen molar-refractivity contribution in [1.82, 2.24) is 0 Å². The number of rotatable bonds is 1. The predicted octanol–water partition coefficient (Wildman–Crippen LogP) is -2.08. The molecule has 0 saturated carbocycles. The summed E-state index contributed by atoms with van der Waals surface area (Å²) in [6.45, 7) is 0.140. The van der Waals surface area contributed by atoms with Gasteiger partial charge in [-0.3, -0.25) is 0 Å². The number of hydrogen-bond acceptors (Lipinski definition) is 5. The summed E-state index contributed by atoms with van der Waals surface area (Å²) in [4.78, 5) is 29.3. The third-order valence-corrected chi connectivity index (χ3v) is 1.03. The van der Waals surface area contributed by atoms with Gasteiger partial charge in [0.25, 0.3) is 0 Å². The molecule has 0 aliphatic carbocycles. The van der Waals surface area contributed by atoms with Crippen molar-refractivity contribution >= 4 is 38.6 Å². The van der Waals surface area contributed by atoms with E-state index in [9.17, 15) is 0 Å². The van der Waals surface area contributed by atoms with E-state index in [-0.39, 0.29) is 36.2 Å². The Labute approximate surface area is 105 Å². The molecule has 7 heteroatoms. The Hall–Kier alpha value is 0.237. The van der Waals surface area contributed by atoms with Gasteiger partial charge >= 0.3 is 38.6 Å². The number of hydrogen-bond donors (Lipinski definition) is 5. The molecule has 1 aromatic carbocycles. The van der Waals surface area contributed by atoms with Crippen molar-refractivity contribution in [3.05, 3.63) is 35.9 Å². The fourth-order valence-corrected chi connectivity index (χ4v) is 0.583. The Balaban J connectivity index is 0. The van der Waals surface area contributed by atoms with Crippen LogP contribution >= 0.6 is 0 Å². The normalized spacial score (nSPS) is 9.50. The Morgan fingerprint density at radius 2 is 1.29 bits per heavy atom. The minimum absolute atomic E-state index is 0. The van der Waals surface area contributed by atoms with E-state index in [1.807, 2.05) is 30.3 Å². The molecule has 0 amide bonds. The Kier molecular flexibility index (Phi) is 10.2. The second-order valence-corrected chi connectivity index (χ2v) is 3.44.